The van der Waals surface area contributed by atoms with Gasteiger partial charge in [-0.2, -0.15) is 0 Å². The molecule has 6 heteroatoms. The van der Waals surface area contributed by atoms with Crippen molar-refractivity contribution in [2.45, 2.75) is 38.2 Å². The van der Waals surface area contributed by atoms with Gasteiger partial charge in [0.15, 0.2) is 5.78 Å². The Morgan fingerprint density at radius 3 is 2.82 bits per heavy atom. The Labute approximate surface area is 98.5 Å². The fraction of sp³-hybridized carbons (Fsp3) is 0.636. The molecule has 2 aliphatic heterocycles. The molecule has 0 aromatic carbocycles. The second-order valence-electron chi connectivity index (χ2n) is 4.33. The second-order valence-corrected chi connectivity index (χ2v) is 4.33. The van der Waals surface area contributed by atoms with Gasteiger partial charge in [0.1, 0.15) is 12.3 Å². The second kappa shape index (κ2) is 4.56. The van der Waals surface area contributed by atoms with E-state index in [9.17, 15) is 14.7 Å². The van der Waals surface area contributed by atoms with Crippen molar-refractivity contribution < 1.29 is 24.5 Å². The van der Waals surface area contributed by atoms with Gasteiger partial charge in [0, 0.05) is 18.2 Å². The Kier molecular flexibility index (Phi) is 3.28. The largest absolute Gasteiger partial charge is 0.394 e. The van der Waals surface area contributed by atoms with Crippen molar-refractivity contribution in [2.75, 3.05) is 6.61 Å². The van der Waals surface area contributed by atoms with Crippen LogP contribution in [-0.4, -0.2) is 51.8 Å². The van der Waals surface area contributed by atoms with Crippen molar-refractivity contribution in [1.82, 2.24) is 4.90 Å². The third kappa shape index (κ3) is 2.24. The smallest absolute Gasteiger partial charge is 0.236 e. The van der Waals surface area contributed by atoms with Gasteiger partial charge in [-0.3, -0.25) is 14.5 Å². The summed E-state index contributed by atoms with van der Waals surface area (Å²) in [5, 5.41) is 18.5. The van der Waals surface area contributed by atoms with Crippen LogP contribution in [0.25, 0.3) is 0 Å². The zero-order valence-corrected chi connectivity index (χ0v) is 9.50. The molecule has 2 aliphatic rings. The summed E-state index contributed by atoms with van der Waals surface area (Å²) < 4.78 is 5.37. The van der Waals surface area contributed by atoms with Gasteiger partial charge >= 0.3 is 0 Å². The van der Waals surface area contributed by atoms with Crippen molar-refractivity contribution in [3.05, 3.63) is 11.8 Å². The van der Waals surface area contributed by atoms with Gasteiger partial charge in [-0.15, -0.1) is 0 Å². The molecule has 2 rings (SSSR count). The third-order valence-corrected chi connectivity index (χ3v) is 3.07. The summed E-state index contributed by atoms with van der Waals surface area (Å²) in [6.07, 6.45) is -0.525. The van der Waals surface area contributed by atoms with E-state index in [1.54, 1.807) is 6.92 Å². The number of rotatable bonds is 2. The van der Waals surface area contributed by atoms with Gasteiger partial charge in [-0.05, 0) is 6.92 Å². The molecule has 0 aromatic heterocycles. The number of hydrogen-bond acceptors (Lipinski definition) is 5. The Morgan fingerprint density at radius 2 is 2.24 bits per heavy atom. The number of nitrogens with zero attached hydrogens (tertiary/aromatic N) is 1. The fourth-order valence-electron chi connectivity index (χ4n) is 2.01. The lowest BCUT2D eigenvalue weighted by molar-refractivity contribution is -0.144. The highest BCUT2D eigenvalue weighted by atomic mass is 16.5. The number of carbonyl (C=O) groups is 2. The minimum absolute atomic E-state index is 0.165. The van der Waals surface area contributed by atoms with Crippen molar-refractivity contribution in [3.8, 4) is 0 Å². The molecular weight excluding hydrogens is 226 g/mol. The molecule has 17 heavy (non-hydrogen) atoms. The van der Waals surface area contributed by atoms with E-state index in [0.29, 0.717) is 5.57 Å². The minimum Gasteiger partial charge on any atom is -0.394 e. The van der Waals surface area contributed by atoms with Crippen LogP contribution in [0.2, 0.25) is 0 Å². The highest BCUT2D eigenvalue weighted by molar-refractivity contribution is 6.09. The Balaban J connectivity index is 2.13. The first kappa shape index (κ1) is 12.2. The molecule has 0 bridgehead atoms. The molecule has 2 N–H and O–H groups in total. The van der Waals surface area contributed by atoms with E-state index in [1.807, 2.05) is 0 Å². The summed E-state index contributed by atoms with van der Waals surface area (Å²) in [5.74, 6) is -0.528. The number of carbonyl (C=O) groups excluding carboxylic acids is 2. The van der Waals surface area contributed by atoms with Crippen LogP contribution in [-0.2, 0) is 14.3 Å². The first-order valence-corrected chi connectivity index (χ1v) is 5.50. The van der Waals surface area contributed by atoms with Crippen LogP contribution in [0, 0.1) is 0 Å². The number of aliphatic hydroxyl groups is 2. The van der Waals surface area contributed by atoms with Crippen molar-refractivity contribution in [2.24, 2.45) is 0 Å². The summed E-state index contributed by atoms with van der Waals surface area (Å²) >= 11 is 0. The lowest BCUT2D eigenvalue weighted by atomic mass is 10.1. The first-order chi connectivity index (χ1) is 8.02. The molecule has 1 saturated heterocycles. The molecule has 0 aliphatic carbocycles. The van der Waals surface area contributed by atoms with Crippen LogP contribution in [0.1, 0.15) is 19.8 Å². The highest BCUT2D eigenvalue weighted by Crippen LogP contribution is 2.26. The van der Waals surface area contributed by atoms with Crippen LogP contribution in [0.15, 0.2) is 11.8 Å². The standard InChI is InChI=1S/C11H15NO5/c1-6-4-12(10(16)2-7(6)14)11-3-8(15)9(5-13)17-11/h4,8-9,11,13,15H,2-3,5H2,1H3/t8-,9+,11+/m1/s1. The van der Waals surface area contributed by atoms with E-state index in [1.165, 1.54) is 11.1 Å². The summed E-state index contributed by atoms with van der Waals surface area (Å²) in [6, 6.07) is 0. The first-order valence-electron chi connectivity index (χ1n) is 5.50. The molecule has 0 spiro atoms. The molecule has 0 unspecified atom stereocenters. The van der Waals surface area contributed by atoms with E-state index in [4.69, 9.17) is 9.84 Å². The summed E-state index contributed by atoms with van der Waals surface area (Å²) in [4.78, 5) is 24.3. The van der Waals surface area contributed by atoms with Crippen molar-refractivity contribution >= 4 is 11.7 Å². The van der Waals surface area contributed by atoms with Gasteiger partial charge in [-0.25, -0.2) is 0 Å². The molecule has 1 fully saturated rings. The number of amides is 1. The van der Waals surface area contributed by atoms with Gasteiger partial charge in [0.05, 0.1) is 19.1 Å². The molecule has 0 saturated carbocycles. The highest BCUT2D eigenvalue weighted by Gasteiger charge is 2.39. The molecule has 94 valence electrons. The summed E-state index contributed by atoms with van der Waals surface area (Å²) in [7, 11) is 0. The van der Waals surface area contributed by atoms with E-state index in [-0.39, 0.29) is 31.1 Å². The van der Waals surface area contributed by atoms with Crippen LogP contribution >= 0.6 is 0 Å². The summed E-state index contributed by atoms with van der Waals surface area (Å²) in [5.41, 5.74) is 0.495. The maximum atomic E-state index is 11.7. The average Bonchev–Trinajstić information content (AvgIpc) is 2.65. The molecule has 3 atom stereocenters. The van der Waals surface area contributed by atoms with Crippen LogP contribution < -0.4 is 0 Å². The monoisotopic (exact) mass is 241 g/mol. The molecule has 6 nitrogen and oxygen atoms in total. The topological polar surface area (TPSA) is 87.1 Å². The number of ketones is 1. The predicted octanol–water partition coefficient (Wildman–Crippen LogP) is -0.840. The lowest BCUT2D eigenvalue weighted by Gasteiger charge is -2.28. The van der Waals surface area contributed by atoms with Gasteiger partial charge in [0.25, 0.3) is 0 Å². The molecule has 0 aromatic rings. The maximum absolute atomic E-state index is 11.7. The zero-order chi connectivity index (χ0) is 12.6. The van der Waals surface area contributed by atoms with Gasteiger partial charge in [-0.1, -0.05) is 0 Å². The van der Waals surface area contributed by atoms with E-state index < -0.39 is 18.4 Å². The molecule has 1 amide bonds. The average molecular weight is 241 g/mol. The van der Waals surface area contributed by atoms with Crippen molar-refractivity contribution in [3.63, 3.8) is 0 Å². The van der Waals surface area contributed by atoms with Crippen molar-refractivity contribution in [1.29, 1.82) is 0 Å². The molecule has 2 heterocycles. The van der Waals surface area contributed by atoms with E-state index >= 15 is 0 Å². The number of allylic oxidation sites excluding steroid dienone is 1. The van der Waals surface area contributed by atoms with Crippen LogP contribution in [0.3, 0.4) is 0 Å². The Hall–Kier alpha value is -1.24. The SMILES string of the molecule is CC1=CN([C@@H]2C[C@@H](O)[C@H](CO)O2)C(=O)CC1=O. The fourth-order valence-corrected chi connectivity index (χ4v) is 2.01. The minimum atomic E-state index is -0.788. The van der Waals surface area contributed by atoms with E-state index in [2.05, 4.69) is 0 Å². The molecular formula is C11H15NO5. The lowest BCUT2D eigenvalue weighted by Crippen LogP contribution is -2.40. The van der Waals surface area contributed by atoms with Crippen LogP contribution in [0.4, 0.5) is 0 Å². The number of aliphatic hydroxyl groups excluding tert-OH is 2. The maximum Gasteiger partial charge on any atom is 0.236 e. The number of Topliss-reactive ketones (excluding diaryl/α,β-unsaturated/α-hetero) is 1. The normalized spacial score (nSPS) is 34.2. The summed E-state index contributed by atoms with van der Waals surface area (Å²) in [6.45, 7) is 1.35. The molecule has 0 radical (unpaired) electrons. The number of ether oxygens (including phenoxy) is 1. The zero-order valence-electron chi connectivity index (χ0n) is 9.50. The Bertz CT molecular complexity index is 378. The third-order valence-electron chi connectivity index (χ3n) is 3.07. The van der Waals surface area contributed by atoms with E-state index in [0.717, 1.165) is 0 Å². The van der Waals surface area contributed by atoms with Gasteiger partial charge < -0.3 is 14.9 Å². The van der Waals surface area contributed by atoms with Crippen LogP contribution in [0.5, 0.6) is 0 Å². The number of hydrogen-bond donors (Lipinski definition) is 2. The Morgan fingerprint density at radius 1 is 1.53 bits per heavy atom. The predicted molar refractivity (Wildman–Crippen MR) is 56.6 cm³/mol. The van der Waals surface area contributed by atoms with Gasteiger partial charge in [0.2, 0.25) is 5.91 Å². The quantitative estimate of drug-likeness (QED) is 0.615.